The summed E-state index contributed by atoms with van der Waals surface area (Å²) in [6.45, 7) is 77.2. The van der Waals surface area contributed by atoms with Gasteiger partial charge >= 0.3 is 28.3 Å². The molecule has 4 N–H and O–H groups in total. The second kappa shape index (κ2) is 60.6. The molecular formula is C103H214B4Br2Cl4N12O24. The van der Waals surface area contributed by atoms with Gasteiger partial charge < -0.3 is 100 Å². The molecule has 5 aliphatic rings. The van der Waals surface area contributed by atoms with Crippen molar-refractivity contribution in [2.45, 2.75) is 202 Å². The fourth-order valence-corrected chi connectivity index (χ4v) is 13.8. The number of fused-ring (bicyclic) bond motifs is 1. The van der Waals surface area contributed by atoms with Crippen molar-refractivity contribution in [2.75, 3.05) is 59.5 Å². The molecule has 5 aliphatic heterocycles. The maximum Gasteiger partial charge on any atom is 0.495 e. The molecule has 1 unspecified atom stereocenters. The third-order valence-corrected chi connectivity index (χ3v) is 24.8. The van der Waals surface area contributed by atoms with Crippen LogP contribution in [0.2, 0.25) is 20.6 Å². The lowest BCUT2D eigenvalue weighted by atomic mass is 9.49. The second-order valence-electron chi connectivity index (χ2n) is 35.0. The van der Waals surface area contributed by atoms with E-state index in [1.54, 1.807) is 121 Å². The highest BCUT2D eigenvalue weighted by Crippen LogP contribution is 2.45. The predicted molar refractivity (Wildman–Crippen MR) is 681 cm³/mol. The van der Waals surface area contributed by atoms with Crippen LogP contribution in [0.15, 0.2) is 155 Å². The first kappa shape index (κ1) is 68.6. The Kier molecular flexibility index (Phi) is 27.9. The van der Waals surface area contributed by atoms with Crippen LogP contribution in [0.1, 0.15) is 339 Å². The molecule has 4 saturated heterocycles. The number of aliphatic hydroxyl groups is 2. The van der Waals surface area contributed by atoms with E-state index in [9.17, 15) is 19.4 Å². The van der Waals surface area contributed by atoms with Gasteiger partial charge in [-0.15, -0.1) is 0 Å². The third kappa shape index (κ3) is 37.8. The second-order valence-corrected chi connectivity index (χ2v) is 38.2. The number of aromatic hydroxyl groups is 1. The predicted octanol–water partition coefficient (Wildman–Crippen LogP) is 36.3. The number of carbonyl (C=O) groups is 3. The van der Waals surface area contributed by atoms with Gasteiger partial charge in [0.1, 0.15) is 63.1 Å². The summed E-state index contributed by atoms with van der Waals surface area (Å²) in [6.07, 6.45) is 8.61. The number of phenols is 1. The van der Waals surface area contributed by atoms with E-state index in [1.165, 1.54) is 24.3 Å². The number of nitrogens with zero attached hydrogens (tertiary/aromatic N) is 12. The molecule has 10 aromatic rings. The first-order chi connectivity index (χ1) is 120. The van der Waals surface area contributed by atoms with Gasteiger partial charge in [0.2, 0.25) is 81.2 Å². The fraction of sp³-hybridized carbons (Fsp3) is 0.388. The van der Waals surface area contributed by atoms with E-state index in [0.717, 1.165) is 75.2 Å². The standard InChI is InChI=1S/C22H25BN2O5.C16H13BrN2O3.C15H13BN2O5.C13H15ClN2O3.C12H24B2O4.C9H9ClN2O.C7H5BrO2.C6H2Cl2N2.C3H8O.50H2/c1-7-12-27-20-18(24-6)10-11-19(25-20)28-16-8-9-17(15(13-16)14-26)23-29-21(2,3)22(4,5)30-23;1-3-8-21-16-14(18-2)6-7-15(19-16)22-12-4-5-13(17)11(9-12)10-20;1-17-13-4-5-14(18-15(13)21-7-6-19)23-11-2-3-12-10(8-11)9-22-16(12)20;1-15-10-5-6-11(16-13(10)14)17-8-9-19-12-4-2-3-7-18-12;1-9(2)10(3,4)16-13(15-9)14-17-11(5,6)12(7,8)18-14;1-3-6-13-9-7(11-2)4-5-8(10)12-9;8-7-2-1-6(10)3-5(7)4-9;1-9-4-2-3-5(7)10-6(4)8;1-2-3-4;;;;;;;;;;;;;;;;;;;;;;;;;;;;;;;;;;;;;;;;;;;;;;;;;;/h8-11,13-14H,7,12H2,1-5H3;4-7,9-10H,3,8H2,1H3;2-5,8,19-20H,6-7,9H2;5-6,12H,2-4,7-9H2;1-8H3;4-5H,3,6H2,1H3;1-4,10H;2-3H;4H,2-3H2,1H3;50*1H/i;;;;;;;;;49*1+1D;1+1. The number of hydrogen-bond acceptors (Lipinski definition) is 30. The molecule has 0 spiro atoms. The first-order valence-electron chi connectivity index (χ1n) is 95.8. The minimum Gasteiger partial charge on any atom is -0.508 e. The maximum atomic E-state index is 11.7. The van der Waals surface area contributed by atoms with Crippen LogP contribution in [0.4, 0.5) is 34.1 Å². The Morgan fingerprint density at radius 1 is 0.423 bits per heavy atom. The smallest absolute Gasteiger partial charge is 0.495 e. The molecule has 149 heavy (non-hydrogen) atoms. The quantitative estimate of drug-likeness (QED) is 0.0111. The monoisotopic (exact) mass is 2440 g/mol. The highest BCUT2D eigenvalue weighted by molar-refractivity contribution is 9.10. The van der Waals surface area contributed by atoms with Crippen molar-refractivity contribution in [3.05, 3.63) is 266 Å². The Morgan fingerprint density at radius 2 is 0.799 bits per heavy atom. The Balaban J connectivity index is -0.0000000428. The van der Waals surface area contributed by atoms with Crippen LogP contribution < -0.4 is 48.8 Å². The number of rotatable bonds is 29. The molecule has 0 aliphatic carbocycles. The van der Waals surface area contributed by atoms with Crippen molar-refractivity contribution < 1.29 is 262 Å². The van der Waals surface area contributed by atoms with Crippen molar-refractivity contribution >= 4 is 170 Å². The zero-order valence-electron chi connectivity index (χ0n) is 183. The molecule has 884 valence electrons. The van der Waals surface area contributed by atoms with Crippen LogP contribution in [0.25, 0.3) is 29.1 Å². The van der Waals surface area contributed by atoms with Crippen molar-refractivity contribution in [3.8, 4) is 70.0 Å². The van der Waals surface area contributed by atoms with Gasteiger partial charge in [-0.25, -0.2) is 44.0 Å². The molecule has 46 heteroatoms. The first-order valence-corrected chi connectivity index (χ1v) is 49.9. The van der Waals surface area contributed by atoms with Crippen LogP contribution in [0.3, 0.4) is 0 Å². The molecule has 11 heterocycles. The van der Waals surface area contributed by atoms with E-state index < -0.39 is 39.5 Å². The summed E-state index contributed by atoms with van der Waals surface area (Å²) < 4.78 is 587. The Morgan fingerprint density at radius 3 is 1.21 bits per heavy atom. The minimum atomic E-state index is -0.895. The van der Waals surface area contributed by atoms with Crippen LogP contribution in [0.5, 0.6) is 70.0 Å². The average Bonchev–Trinajstić information content (AvgIpc) is 1.60. The summed E-state index contributed by atoms with van der Waals surface area (Å²) in [4.78, 5) is 76.7. The number of aliphatic hydroxyl groups excluding tert-OH is 2. The lowest BCUT2D eigenvalue weighted by molar-refractivity contribution is -0.165. The van der Waals surface area contributed by atoms with Gasteiger partial charge in [0.15, 0.2) is 18.9 Å². The zero-order valence-corrected chi connectivity index (χ0v) is 91.3. The topological polar surface area (TPSA) is 393 Å². The Labute approximate surface area is 1060 Å². The summed E-state index contributed by atoms with van der Waals surface area (Å²) in [5.74, 6) is 3.72. The highest BCUT2D eigenvalue weighted by Gasteiger charge is 2.64. The van der Waals surface area contributed by atoms with E-state index in [0.29, 0.717) is 157 Å². The lowest BCUT2D eigenvalue weighted by Gasteiger charge is -2.32. The van der Waals surface area contributed by atoms with Gasteiger partial charge in [-0.3, -0.25) is 14.4 Å². The summed E-state index contributed by atoms with van der Waals surface area (Å²) in [5.41, 5.74) is 3.07. The fourth-order valence-electron chi connectivity index (χ4n) is 12.4. The molecule has 0 amide bonds. The van der Waals surface area contributed by atoms with Gasteiger partial charge in [0, 0.05) is 186 Å². The molecule has 0 radical (unpaired) electrons. The number of phenolic OH excluding ortho intramolecular Hbond substituents is 1. The third-order valence-electron chi connectivity index (χ3n) is 22.3. The highest BCUT2D eigenvalue weighted by atomic mass is 79.9. The molecule has 4 fully saturated rings. The normalized spacial score (nSPS) is 17.9. The Hall–Kier alpha value is -12.2. The van der Waals surface area contributed by atoms with Gasteiger partial charge in [0.05, 0.1) is 113 Å². The van der Waals surface area contributed by atoms with E-state index in [4.69, 9.17) is 327 Å². The lowest BCUT2D eigenvalue weighted by Crippen LogP contribution is -2.41. The minimum absolute atomic E-state index is 0. The van der Waals surface area contributed by atoms with E-state index in [2.05, 4.69) is 90.8 Å². The number of pyridine rings is 6. The van der Waals surface area contributed by atoms with Crippen molar-refractivity contribution in [1.82, 2.24) is 29.9 Å². The van der Waals surface area contributed by atoms with Crippen molar-refractivity contribution in [1.29, 1.82) is 0 Å². The van der Waals surface area contributed by atoms with Gasteiger partial charge in [-0.1, -0.05) is 124 Å². The van der Waals surface area contributed by atoms with Crippen LogP contribution in [-0.4, -0.2) is 197 Å². The number of hydrogen-bond donors (Lipinski definition) is 4. The van der Waals surface area contributed by atoms with Crippen LogP contribution in [0, 0.1) is 39.4 Å². The molecule has 15 rings (SSSR count). The molecule has 6 aromatic heterocycles. The number of carbonyl (C=O) groups excluding carboxylic acids is 3. The summed E-state index contributed by atoms with van der Waals surface area (Å²) in [7, 11) is -2.49. The van der Waals surface area contributed by atoms with Crippen molar-refractivity contribution in [3.63, 3.8) is 0 Å². The molecule has 0 bridgehead atoms. The maximum absolute atomic E-state index is 11.7. The number of ether oxygens (including phenoxy) is 10. The number of benzene rings is 4. The van der Waals surface area contributed by atoms with E-state index >= 15 is 0 Å². The van der Waals surface area contributed by atoms with Gasteiger partial charge in [-0.05, 0) is 272 Å². The number of aromatic nitrogens is 6. The van der Waals surface area contributed by atoms with Crippen molar-refractivity contribution in [2.24, 2.45) is 0 Å². The zero-order chi connectivity index (χ0) is 208. The molecule has 4 aromatic carbocycles. The average molecular weight is 2450 g/mol. The molecular weight excluding hydrogens is 2130 g/mol. The summed E-state index contributed by atoms with van der Waals surface area (Å²) >= 11 is 28.9. The SMILES string of the molecule is CC1(C)OB(B2OC(C)(C)C(C)(C)O2)OC1(C)C.CCCO.O=Cc1cc(O)ccc1Br.[2HH].[2H][2H].[2H][2H].[2H][2H].[2H][2H].[2H][2H].[2H][2H].[2H][2H].[2H][2H].[2H][2H].[2H][2H].[2H][2H].[2H][2H].[2H][2H].[2H][2H].[2H][2H].[2H][2H].[2H][2H].[2H][2H].[2H][2H].[2H][2H].[2H][2H].[2H][2H].[2H][2H].[2H][2H].[2H][2H].[2H][2H].[2H][2H].[2H][2H].[2H][2H].[2H][2H].[2H][2H].[2H][2H].[2H][2H].[2H][2H].[2H][2H].[2H][2H].[2H][2H].[2H][2H].[2H][2H].[2H][2H].[2H][2H].[2H][2H].[2H][2H].[2H][2H].[2H][2H].[2H][2H].[2H][2H].[2H][2H].[2H][2H].[C-]#[N+]c1ccc(Cl)nc1Cl.[C-]#[N+]c1ccc(Cl)nc1OCCC.[C-]#[N+]c1ccc(OCCOC2CCCCO2)nc1Cl.[C-]#[N+]c1ccc(Oc2ccc(B3OC(C)(C)C(C)(C)O3)c(C=O)c2)nc1OCCC.[C-]#[N+]c1ccc(Oc2ccc(Br)c(C=O)c2)nc1OCCC.[C-]#[N+]c1ccc(Oc2ccc3c(c2)COB3O)nc1OCCO. The molecule has 1 atom stereocenters. The molecule has 0 saturated carbocycles. The van der Waals surface area contributed by atoms with Crippen LogP contribution >= 0.6 is 78.3 Å². The van der Waals surface area contributed by atoms with Gasteiger partial charge in [0.25, 0.3) is 0 Å². The van der Waals surface area contributed by atoms with E-state index in [1.807, 2.05) is 111 Å². The van der Waals surface area contributed by atoms with E-state index in [-0.39, 0.29) is 94.5 Å². The molecule has 36 nitrogen and oxygen atoms in total. The largest absolute Gasteiger partial charge is 0.508 e. The number of halogens is 6. The summed E-state index contributed by atoms with van der Waals surface area (Å²) in [6, 6.07) is 38.8. The number of aldehydes is 3. The van der Waals surface area contributed by atoms with Gasteiger partial charge in [-0.2, -0.15) is 15.0 Å². The summed E-state index contributed by atoms with van der Waals surface area (Å²) in [5, 5.41) is 36.1. The Bertz CT molecular complexity index is 6560. The van der Waals surface area contributed by atoms with Crippen LogP contribution in [-0.2, 0) is 48.7 Å².